The van der Waals surface area contributed by atoms with Crippen LogP contribution in [0.5, 0.6) is 5.75 Å². The molecule has 76 heavy (non-hydrogen) atoms. The van der Waals surface area contributed by atoms with Crippen LogP contribution in [0.3, 0.4) is 0 Å². The van der Waals surface area contributed by atoms with Gasteiger partial charge in [-0.25, -0.2) is 0 Å². The molecule has 4 atom stereocenters. The average molecular weight is 1090 g/mol. The molecule has 3 aliphatic heterocycles. The van der Waals surface area contributed by atoms with Crippen molar-refractivity contribution < 1.29 is 28.7 Å². The molecule has 0 saturated carbocycles. The first-order valence-corrected chi connectivity index (χ1v) is 31.0. The van der Waals surface area contributed by atoms with Crippen LogP contribution < -0.4 is 32.6 Å². The zero-order valence-corrected chi connectivity index (χ0v) is 47.4. The minimum absolute atomic E-state index is 0.00196. The van der Waals surface area contributed by atoms with Crippen LogP contribution in [0.15, 0.2) is 78.9 Å². The van der Waals surface area contributed by atoms with E-state index in [0.29, 0.717) is 63.0 Å². The molecule has 3 aromatic carbocycles. The molecule has 0 aliphatic carbocycles. The molecule has 3 aliphatic rings. The standard InChI is InChI=1S/C30H41N5O4S2.C30H51N3O2/c31-15-7-2-1-3-8-16-33-29(38)26-20-41-30(34-21-40-19-25(34)28(32)37)35(26)27(36)17-22-11-13-24(14-12-22)39-18-23-9-5-4-6-10-23;1-2-3-4-5-6-7-8-9-11-14-21-29(34)33-25-27-20-16-15-19-26(27)24-28(33)30(35)32-23-18-13-10-12-17-22-31/h4-6,9-14,25-26,30H,1-3,7-8,15-21,31H2,(H2,32,37)(H,33,38);15-16,19-20,28H,2-14,17-18,21-25,31H2,1H3,(H,32,35). The number of fused-ring (bicyclic) bond motifs is 1. The highest BCUT2D eigenvalue weighted by molar-refractivity contribution is 8.00. The molecule has 16 heteroatoms. The van der Waals surface area contributed by atoms with Gasteiger partial charge in [0, 0.05) is 49.9 Å². The third-order valence-corrected chi connectivity index (χ3v) is 16.9. The van der Waals surface area contributed by atoms with Crippen molar-refractivity contribution >= 4 is 53.1 Å². The number of nitrogens with zero attached hydrogens (tertiary/aromatic N) is 3. The molecule has 4 unspecified atom stereocenters. The Morgan fingerprint density at radius 2 is 1.14 bits per heavy atom. The largest absolute Gasteiger partial charge is 0.489 e. The summed E-state index contributed by atoms with van der Waals surface area (Å²) in [5.74, 6) is 1.77. The summed E-state index contributed by atoms with van der Waals surface area (Å²) >= 11 is 3.13. The maximum Gasteiger partial charge on any atom is 0.243 e. The van der Waals surface area contributed by atoms with Gasteiger partial charge in [0.25, 0.3) is 0 Å². The van der Waals surface area contributed by atoms with Crippen LogP contribution >= 0.6 is 23.5 Å². The van der Waals surface area contributed by atoms with E-state index in [1.807, 2.05) is 76.5 Å². The van der Waals surface area contributed by atoms with Gasteiger partial charge in [-0.2, -0.15) is 0 Å². The molecule has 8 N–H and O–H groups in total. The van der Waals surface area contributed by atoms with Crippen LogP contribution in [0.4, 0.5) is 0 Å². The number of hydrogen-bond acceptors (Lipinski definition) is 11. The fourth-order valence-corrected chi connectivity index (χ4v) is 12.9. The van der Waals surface area contributed by atoms with Crippen molar-refractivity contribution in [2.75, 3.05) is 43.6 Å². The molecule has 0 bridgehead atoms. The highest BCUT2D eigenvalue weighted by Gasteiger charge is 2.48. The van der Waals surface area contributed by atoms with Crippen molar-refractivity contribution in [2.24, 2.45) is 17.2 Å². The van der Waals surface area contributed by atoms with Gasteiger partial charge < -0.3 is 42.4 Å². The fraction of sp³-hybridized carbons (Fsp3) is 0.617. The molecule has 2 fully saturated rings. The lowest BCUT2D eigenvalue weighted by atomic mass is 9.93. The van der Waals surface area contributed by atoms with Crippen molar-refractivity contribution in [3.63, 3.8) is 0 Å². The number of thioether (sulfide) groups is 2. The number of nitrogens with one attached hydrogen (secondary N) is 2. The highest BCUT2D eigenvalue weighted by atomic mass is 32.2. The first-order chi connectivity index (χ1) is 37.1. The predicted molar refractivity (Wildman–Crippen MR) is 311 cm³/mol. The first-order valence-electron chi connectivity index (χ1n) is 28.8. The molecule has 5 amide bonds. The quantitative estimate of drug-likeness (QED) is 0.0357. The molecule has 2 saturated heterocycles. The van der Waals surface area contributed by atoms with E-state index in [1.165, 1.54) is 74.3 Å². The SMILES string of the molecule is CCCCCCCCCCCCC(=O)N1Cc2ccccc2CC1C(=O)NCCCCCCCN.NCCCCCCCNC(=O)C1CSC(N2CSCC2C(N)=O)N1C(=O)Cc1ccc(OCc2ccccc2)cc1. The smallest absolute Gasteiger partial charge is 0.243 e. The van der Waals surface area contributed by atoms with Crippen LogP contribution in [-0.2, 0) is 50.0 Å². The average Bonchev–Trinajstić information content (AvgIpc) is 4.12. The van der Waals surface area contributed by atoms with E-state index in [0.717, 1.165) is 100 Å². The second-order valence-corrected chi connectivity index (χ2v) is 22.7. The molecule has 14 nitrogen and oxygen atoms in total. The van der Waals surface area contributed by atoms with Gasteiger partial charge in [0.1, 0.15) is 36.0 Å². The molecule has 0 aromatic heterocycles. The summed E-state index contributed by atoms with van der Waals surface area (Å²) in [5, 5.41) is 6.15. The Kier molecular flexibility index (Phi) is 29.9. The Balaban J connectivity index is 0.000000285. The van der Waals surface area contributed by atoms with Crippen molar-refractivity contribution in [2.45, 2.75) is 191 Å². The van der Waals surface area contributed by atoms with Crippen LogP contribution in [0.2, 0.25) is 0 Å². The van der Waals surface area contributed by atoms with Crippen molar-refractivity contribution in [3.05, 3.63) is 101 Å². The number of nitrogens with two attached hydrogens (primary N) is 3. The maximum absolute atomic E-state index is 13.8. The summed E-state index contributed by atoms with van der Waals surface area (Å²) in [4.78, 5) is 70.9. The molecular weight excluding hydrogens is 993 g/mol. The minimum Gasteiger partial charge on any atom is -0.489 e. The number of benzene rings is 3. The Bertz CT molecular complexity index is 2150. The summed E-state index contributed by atoms with van der Waals surface area (Å²) in [6, 6.07) is 24.2. The van der Waals surface area contributed by atoms with E-state index in [-0.39, 0.29) is 30.0 Å². The van der Waals surface area contributed by atoms with Gasteiger partial charge in [0.05, 0.1) is 6.42 Å². The van der Waals surface area contributed by atoms with Gasteiger partial charge in [-0.15, -0.1) is 23.5 Å². The highest BCUT2D eigenvalue weighted by Crippen LogP contribution is 2.37. The van der Waals surface area contributed by atoms with Crippen molar-refractivity contribution in [1.82, 2.24) is 25.3 Å². The Hall–Kier alpha value is -4.61. The number of carbonyl (C=O) groups is 5. The summed E-state index contributed by atoms with van der Waals surface area (Å²) < 4.78 is 5.88. The van der Waals surface area contributed by atoms with Gasteiger partial charge in [-0.3, -0.25) is 28.9 Å². The first kappa shape index (κ1) is 62.2. The second kappa shape index (κ2) is 36.5. The van der Waals surface area contributed by atoms with Gasteiger partial charge >= 0.3 is 0 Å². The third kappa shape index (κ3) is 21.7. The zero-order chi connectivity index (χ0) is 54.2. The lowest BCUT2D eigenvalue weighted by molar-refractivity contribution is -0.143. The van der Waals surface area contributed by atoms with E-state index in [1.54, 1.807) is 16.7 Å². The van der Waals surface area contributed by atoms with Gasteiger partial charge in [-0.05, 0) is 79.6 Å². The van der Waals surface area contributed by atoms with Crippen LogP contribution in [0.1, 0.15) is 164 Å². The van der Waals surface area contributed by atoms with Gasteiger partial charge in [0.15, 0.2) is 0 Å². The predicted octanol–water partition coefficient (Wildman–Crippen LogP) is 9.20. The number of carbonyl (C=O) groups excluding carboxylic acids is 5. The molecule has 3 heterocycles. The lowest BCUT2D eigenvalue weighted by Crippen LogP contribution is -2.57. The Morgan fingerprint density at radius 1 is 0.592 bits per heavy atom. The zero-order valence-electron chi connectivity index (χ0n) is 45.8. The normalized spacial score (nSPS) is 18.1. The second-order valence-electron chi connectivity index (χ2n) is 20.6. The Morgan fingerprint density at radius 3 is 1.75 bits per heavy atom. The number of amides is 5. The number of unbranched alkanes of at least 4 members (excludes halogenated alkanes) is 17. The third-order valence-electron chi connectivity index (χ3n) is 14.6. The topological polar surface area (TPSA) is 206 Å². The number of primary amides is 1. The van der Waals surface area contributed by atoms with E-state index >= 15 is 0 Å². The van der Waals surface area contributed by atoms with Gasteiger partial charge in [-0.1, -0.05) is 170 Å². The van der Waals surface area contributed by atoms with E-state index in [9.17, 15) is 24.0 Å². The number of hydrogen-bond donors (Lipinski definition) is 5. The van der Waals surface area contributed by atoms with Crippen LogP contribution in [0, 0.1) is 0 Å². The lowest BCUT2D eigenvalue weighted by Gasteiger charge is -2.36. The van der Waals surface area contributed by atoms with E-state index < -0.39 is 29.5 Å². The Labute approximate surface area is 463 Å². The molecule has 420 valence electrons. The fourth-order valence-electron chi connectivity index (χ4n) is 10.1. The van der Waals surface area contributed by atoms with Crippen LogP contribution in [0.25, 0.3) is 0 Å². The summed E-state index contributed by atoms with van der Waals surface area (Å²) in [6.45, 7) is 5.98. The summed E-state index contributed by atoms with van der Waals surface area (Å²) in [7, 11) is 0. The van der Waals surface area contributed by atoms with Gasteiger partial charge in [0.2, 0.25) is 29.5 Å². The monoisotopic (exact) mass is 1080 g/mol. The van der Waals surface area contributed by atoms with E-state index in [4.69, 9.17) is 21.9 Å². The molecule has 0 radical (unpaired) electrons. The number of rotatable bonds is 34. The maximum atomic E-state index is 13.8. The molecular formula is C60H92N8O6S2. The van der Waals surface area contributed by atoms with Crippen LogP contribution in [-0.4, -0.2) is 111 Å². The number of ether oxygens (including phenoxy) is 1. The van der Waals surface area contributed by atoms with Crippen molar-refractivity contribution in [1.29, 1.82) is 0 Å². The molecule has 3 aromatic rings. The molecule has 0 spiro atoms. The van der Waals surface area contributed by atoms with E-state index in [2.05, 4.69) is 29.7 Å². The summed E-state index contributed by atoms with van der Waals surface area (Å²) in [5.41, 5.74) is 20.7. The molecule has 6 rings (SSSR count). The van der Waals surface area contributed by atoms with Crippen molar-refractivity contribution in [3.8, 4) is 5.75 Å². The minimum atomic E-state index is -0.609. The summed E-state index contributed by atoms with van der Waals surface area (Å²) in [6.07, 6.45) is 24.5.